The van der Waals surface area contributed by atoms with Crippen molar-refractivity contribution in [2.75, 3.05) is 7.11 Å². The molecule has 1 aromatic heterocycles. The number of nitrogens with two attached hydrogens (primary N) is 1. The summed E-state index contributed by atoms with van der Waals surface area (Å²) in [5.74, 6) is 2.28. The fourth-order valence-corrected chi connectivity index (χ4v) is 2.27. The van der Waals surface area contributed by atoms with Gasteiger partial charge in [0, 0.05) is 18.4 Å². The molecule has 6 nitrogen and oxygen atoms in total. The lowest BCUT2D eigenvalue weighted by Crippen LogP contribution is -2.11. The van der Waals surface area contributed by atoms with Gasteiger partial charge in [-0.05, 0) is 43.0 Å². The fraction of sp³-hybridized carbons (Fsp3) is 0.438. The molecule has 0 atom stereocenters. The van der Waals surface area contributed by atoms with Crippen LogP contribution in [0.15, 0.2) is 22.6 Å². The van der Waals surface area contributed by atoms with E-state index in [2.05, 4.69) is 10.2 Å². The SMILES string of the molecule is CCc1nnc(CCCCc2cc(C(=N)N)ccc2OC)o1. The maximum Gasteiger partial charge on any atom is 0.216 e. The first-order chi connectivity index (χ1) is 10.6. The van der Waals surface area contributed by atoms with Gasteiger partial charge in [-0.15, -0.1) is 10.2 Å². The van der Waals surface area contributed by atoms with Crippen LogP contribution < -0.4 is 10.5 Å². The third-order valence-corrected chi connectivity index (χ3v) is 3.49. The summed E-state index contributed by atoms with van der Waals surface area (Å²) in [5.41, 5.74) is 7.32. The van der Waals surface area contributed by atoms with Crippen molar-refractivity contribution in [3.8, 4) is 5.75 Å². The molecular weight excluding hydrogens is 280 g/mol. The molecule has 0 unspecified atom stereocenters. The third-order valence-electron chi connectivity index (χ3n) is 3.49. The molecule has 0 fully saturated rings. The summed E-state index contributed by atoms with van der Waals surface area (Å²) in [6, 6.07) is 5.58. The van der Waals surface area contributed by atoms with E-state index in [0.717, 1.165) is 49.0 Å². The minimum atomic E-state index is 0.0712. The van der Waals surface area contributed by atoms with Gasteiger partial charge in [0.2, 0.25) is 11.8 Å². The van der Waals surface area contributed by atoms with E-state index in [1.807, 2.05) is 19.1 Å². The Labute approximate surface area is 130 Å². The first kappa shape index (κ1) is 16.0. The van der Waals surface area contributed by atoms with Crippen molar-refractivity contribution < 1.29 is 9.15 Å². The smallest absolute Gasteiger partial charge is 0.216 e. The predicted molar refractivity (Wildman–Crippen MR) is 84.3 cm³/mol. The van der Waals surface area contributed by atoms with Gasteiger partial charge in [0.25, 0.3) is 0 Å². The van der Waals surface area contributed by atoms with Crippen LogP contribution in [0.5, 0.6) is 5.75 Å². The summed E-state index contributed by atoms with van der Waals surface area (Å²) in [7, 11) is 1.65. The Morgan fingerprint density at radius 3 is 2.59 bits per heavy atom. The number of nitrogen functional groups attached to an aromatic ring is 1. The number of methoxy groups -OCH3 is 1. The Morgan fingerprint density at radius 2 is 1.95 bits per heavy atom. The van der Waals surface area contributed by atoms with Crippen molar-refractivity contribution in [1.29, 1.82) is 5.41 Å². The van der Waals surface area contributed by atoms with E-state index in [1.54, 1.807) is 13.2 Å². The molecule has 0 bridgehead atoms. The summed E-state index contributed by atoms with van der Waals surface area (Å²) in [4.78, 5) is 0. The van der Waals surface area contributed by atoms with Gasteiger partial charge in [0.05, 0.1) is 7.11 Å². The maximum atomic E-state index is 7.52. The molecule has 0 aliphatic rings. The zero-order valence-electron chi connectivity index (χ0n) is 13.1. The van der Waals surface area contributed by atoms with Gasteiger partial charge in [0.1, 0.15) is 11.6 Å². The third kappa shape index (κ3) is 4.07. The van der Waals surface area contributed by atoms with E-state index in [9.17, 15) is 0 Å². The first-order valence-electron chi connectivity index (χ1n) is 7.46. The maximum absolute atomic E-state index is 7.52. The number of nitrogens with one attached hydrogen (secondary N) is 1. The molecule has 2 rings (SSSR count). The summed E-state index contributed by atoms with van der Waals surface area (Å²) < 4.78 is 10.9. The summed E-state index contributed by atoms with van der Waals surface area (Å²) in [6.07, 6.45) is 4.34. The van der Waals surface area contributed by atoms with Gasteiger partial charge in [-0.2, -0.15) is 0 Å². The van der Waals surface area contributed by atoms with Crippen molar-refractivity contribution in [1.82, 2.24) is 10.2 Å². The summed E-state index contributed by atoms with van der Waals surface area (Å²) in [6.45, 7) is 1.99. The lowest BCUT2D eigenvalue weighted by Gasteiger charge is -2.10. The number of unbranched alkanes of at least 4 members (excludes halogenated alkanes) is 1. The van der Waals surface area contributed by atoms with Gasteiger partial charge >= 0.3 is 0 Å². The molecule has 118 valence electrons. The van der Waals surface area contributed by atoms with Crippen molar-refractivity contribution >= 4 is 5.84 Å². The highest BCUT2D eigenvalue weighted by Gasteiger charge is 2.08. The van der Waals surface area contributed by atoms with Gasteiger partial charge in [-0.1, -0.05) is 6.92 Å². The van der Waals surface area contributed by atoms with Crippen LogP contribution in [-0.4, -0.2) is 23.1 Å². The molecule has 0 aliphatic heterocycles. The van der Waals surface area contributed by atoms with Crippen LogP contribution in [0.3, 0.4) is 0 Å². The molecule has 0 saturated heterocycles. The number of benzene rings is 1. The van der Waals surface area contributed by atoms with Crippen molar-refractivity contribution in [3.63, 3.8) is 0 Å². The van der Waals surface area contributed by atoms with Crippen molar-refractivity contribution in [2.45, 2.75) is 39.0 Å². The van der Waals surface area contributed by atoms with Crippen LogP contribution in [0.4, 0.5) is 0 Å². The highest BCUT2D eigenvalue weighted by Crippen LogP contribution is 2.22. The molecule has 0 spiro atoms. The largest absolute Gasteiger partial charge is 0.496 e. The molecule has 1 aromatic carbocycles. The first-order valence-corrected chi connectivity index (χ1v) is 7.46. The highest BCUT2D eigenvalue weighted by molar-refractivity contribution is 5.95. The molecule has 6 heteroatoms. The number of rotatable bonds is 8. The predicted octanol–water partition coefficient (Wildman–Crippen LogP) is 2.49. The van der Waals surface area contributed by atoms with Crippen LogP contribution in [-0.2, 0) is 19.3 Å². The molecule has 0 radical (unpaired) electrons. The summed E-state index contributed by atoms with van der Waals surface area (Å²) >= 11 is 0. The zero-order chi connectivity index (χ0) is 15.9. The number of aryl methyl sites for hydroxylation is 3. The quantitative estimate of drug-likeness (QED) is 0.443. The number of aromatic nitrogens is 2. The van der Waals surface area contributed by atoms with E-state index in [-0.39, 0.29) is 5.84 Å². The second kappa shape index (κ2) is 7.59. The normalized spacial score (nSPS) is 10.6. The Bertz CT molecular complexity index is 637. The summed E-state index contributed by atoms with van der Waals surface area (Å²) in [5, 5.41) is 15.5. The Balaban J connectivity index is 1.90. The fourth-order valence-electron chi connectivity index (χ4n) is 2.27. The van der Waals surface area contributed by atoms with Crippen LogP contribution in [0.25, 0.3) is 0 Å². The lowest BCUT2D eigenvalue weighted by atomic mass is 10.0. The molecule has 0 amide bonds. The van der Waals surface area contributed by atoms with E-state index >= 15 is 0 Å². The van der Waals surface area contributed by atoms with Crippen LogP contribution in [0.1, 0.15) is 42.7 Å². The standard InChI is InChI=1S/C16H22N4O2/c1-3-14-19-20-15(22-14)7-5-4-6-11-10-12(16(17)18)8-9-13(11)21-2/h8-10H,3-7H2,1-2H3,(H3,17,18). The van der Waals surface area contributed by atoms with Crippen LogP contribution in [0, 0.1) is 5.41 Å². The molecule has 3 N–H and O–H groups in total. The van der Waals surface area contributed by atoms with Gasteiger partial charge in [-0.25, -0.2) is 0 Å². The van der Waals surface area contributed by atoms with E-state index in [0.29, 0.717) is 11.8 Å². The number of hydrogen-bond acceptors (Lipinski definition) is 5. The number of hydrogen-bond donors (Lipinski definition) is 2. The van der Waals surface area contributed by atoms with E-state index in [1.165, 1.54) is 0 Å². The monoisotopic (exact) mass is 302 g/mol. The average Bonchev–Trinajstić information content (AvgIpc) is 2.99. The highest BCUT2D eigenvalue weighted by atomic mass is 16.5. The van der Waals surface area contributed by atoms with E-state index in [4.69, 9.17) is 20.3 Å². The second-order valence-electron chi connectivity index (χ2n) is 5.09. The molecule has 2 aromatic rings. The van der Waals surface area contributed by atoms with Crippen LogP contribution in [0.2, 0.25) is 0 Å². The van der Waals surface area contributed by atoms with E-state index < -0.39 is 0 Å². The Morgan fingerprint density at radius 1 is 1.23 bits per heavy atom. The minimum Gasteiger partial charge on any atom is -0.496 e. The second-order valence-corrected chi connectivity index (χ2v) is 5.09. The van der Waals surface area contributed by atoms with Gasteiger partial charge in [0.15, 0.2) is 0 Å². The lowest BCUT2D eigenvalue weighted by molar-refractivity contribution is 0.408. The van der Waals surface area contributed by atoms with Crippen LogP contribution >= 0.6 is 0 Å². The topological polar surface area (TPSA) is 98.0 Å². The molecule has 22 heavy (non-hydrogen) atoms. The number of ether oxygens (including phenoxy) is 1. The Kier molecular flexibility index (Phi) is 5.52. The minimum absolute atomic E-state index is 0.0712. The molecular formula is C16H22N4O2. The van der Waals surface area contributed by atoms with Gasteiger partial charge in [-0.3, -0.25) is 5.41 Å². The Hall–Kier alpha value is -2.37. The van der Waals surface area contributed by atoms with Gasteiger partial charge < -0.3 is 14.9 Å². The molecule has 1 heterocycles. The molecule has 0 saturated carbocycles. The van der Waals surface area contributed by atoms with Crippen molar-refractivity contribution in [3.05, 3.63) is 41.1 Å². The number of nitrogens with zero attached hydrogens (tertiary/aromatic N) is 2. The molecule has 0 aliphatic carbocycles. The van der Waals surface area contributed by atoms with Crippen molar-refractivity contribution in [2.24, 2.45) is 5.73 Å². The number of amidine groups is 1. The zero-order valence-corrected chi connectivity index (χ0v) is 13.1. The average molecular weight is 302 g/mol.